The molecule has 1 heterocycles. The molecule has 1 aromatic heterocycles. The molecular weight excluding hydrogens is 230 g/mol. The second kappa shape index (κ2) is 4.49. The van der Waals surface area contributed by atoms with Crippen molar-refractivity contribution in [3.63, 3.8) is 0 Å². The maximum absolute atomic E-state index is 12.2. The summed E-state index contributed by atoms with van der Waals surface area (Å²) in [5.41, 5.74) is 7.58. The first-order valence-electron chi connectivity index (χ1n) is 5.49. The molecule has 1 aromatic carbocycles. The van der Waals surface area contributed by atoms with Crippen molar-refractivity contribution < 1.29 is 9.21 Å². The SMILES string of the molecule is Cc1cc(C)c2c(=O)c(/C=C\C(N)=O)coc2c1. The highest BCUT2D eigenvalue weighted by Crippen LogP contribution is 2.18. The Morgan fingerprint density at radius 3 is 2.72 bits per heavy atom. The summed E-state index contributed by atoms with van der Waals surface area (Å²) in [4.78, 5) is 22.9. The molecule has 0 bridgehead atoms. The average Bonchev–Trinajstić information content (AvgIpc) is 2.26. The highest BCUT2D eigenvalue weighted by Gasteiger charge is 2.08. The van der Waals surface area contributed by atoms with Gasteiger partial charge in [-0.05, 0) is 37.1 Å². The largest absolute Gasteiger partial charge is 0.463 e. The van der Waals surface area contributed by atoms with Gasteiger partial charge < -0.3 is 10.2 Å². The lowest BCUT2D eigenvalue weighted by molar-refractivity contribution is -0.113. The summed E-state index contributed by atoms with van der Waals surface area (Å²) in [5.74, 6) is -0.602. The first-order chi connectivity index (χ1) is 8.49. The van der Waals surface area contributed by atoms with E-state index in [0.29, 0.717) is 16.5 Å². The van der Waals surface area contributed by atoms with E-state index in [1.165, 1.54) is 12.3 Å². The van der Waals surface area contributed by atoms with Crippen LogP contribution in [0.4, 0.5) is 0 Å². The van der Waals surface area contributed by atoms with Gasteiger partial charge in [-0.2, -0.15) is 0 Å². The third kappa shape index (κ3) is 2.18. The number of carbonyl (C=O) groups is 1. The van der Waals surface area contributed by atoms with E-state index < -0.39 is 5.91 Å². The fourth-order valence-electron chi connectivity index (χ4n) is 1.92. The van der Waals surface area contributed by atoms with E-state index >= 15 is 0 Å². The molecule has 4 heteroatoms. The number of primary amides is 1. The molecule has 0 atom stereocenters. The van der Waals surface area contributed by atoms with Crippen molar-refractivity contribution in [3.05, 3.63) is 51.4 Å². The zero-order valence-corrected chi connectivity index (χ0v) is 10.2. The quantitative estimate of drug-likeness (QED) is 0.819. The fourth-order valence-corrected chi connectivity index (χ4v) is 1.92. The van der Waals surface area contributed by atoms with Crippen molar-refractivity contribution in [2.24, 2.45) is 5.73 Å². The number of hydrogen-bond acceptors (Lipinski definition) is 3. The Morgan fingerprint density at radius 2 is 2.06 bits per heavy atom. The van der Waals surface area contributed by atoms with Crippen LogP contribution in [0.2, 0.25) is 0 Å². The van der Waals surface area contributed by atoms with E-state index in [-0.39, 0.29) is 5.43 Å². The molecule has 0 fully saturated rings. The first-order valence-corrected chi connectivity index (χ1v) is 5.49. The summed E-state index contributed by atoms with van der Waals surface area (Å²) in [6.07, 6.45) is 3.84. The number of carbonyl (C=O) groups excluding carboxylic acids is 1. The fraction of sp³-hybridized carbons (Fsp3) is 0.143. The van der Waals surface area contributed by atoms with Crippen LogP contribution >= 0.6 is 0 Å². The number of benzene rings is 1. The molecule has 2 N–H and O–H groups in total. The molecule has 2 rings (SSSR count). The number of rotatable bonds is 2. The van der Waals surface area contributed by atoms with Gasteiger partial charge in [0.1, 0.15) is 11.8 Å². The minimum atomic E-state index is -0.602. The summed E-state index contributed by atoms with van der Waals surface area (Å²) >= 11 is 0. The van der Waals surface area contributed by atoms with Gasteiger partial charge in [-0.1, -0.05) is 6.07 Å². The minimum Gasteiger partial charge on any atom is -0.463 e. The molecule has 0 unspecified atom stereocenters. The van der Waals surface area contributed by atoms with Gasteiger partial charge in [0.05, 0.1) is 10.9 Å². The Kier molecular flexibility index (Phi) is 3.02. The summed E-state index contributed by atoms with van der Waals surface area (Å²) in [6.45, 7) is 3.79. The normalized spacial score (nSPS) is 11.2. The van der Waals surface area contributed by atoms with Crippen molar-refractivity contribution in [2.75, 3.05) is 0 Å². The smallest absolute Gasteiger partial charge is 0.241 e. The summed E-state index contributed by atoms with van der Waals surface area (Å²) < 4.78 is 5.41. The zero-order valence-electron chi connectivity index (χ0n) is 10.2. The number of nitrogens with two attached hydrogens (primary N) is 1. The van der Waals surface area contributed by atoms with Crippen LogP contribution < -0.4 is 11.2 Å². The zero-order chi connectivity index (χ0) is 13.3. The van der Waals surface area contributed by atoms with Gasteiger partial charge in [0.25, 0.3) is 0 Å². The second-order valence-corrected chi connectivity index (χ2v) is 4.21. The average molecular weight is 243 g/mol. The Hall–Kier alpha value is -2.36. The van der Waals surface area contributed by atoms with Crippen LogP contribution in [-0.2, 0) is 4.79 Å². The van der Waals surface area contributed by atoms with Crippen molar-refractivity contribution in [3.8, 4) is 0 Å². The molecule has 0 radical (unpaired) electrons. The Bertz CT molecular complexity index is 711. The molecule has 4 nitrogen and oxygen atoms in total. The van der Waals surface area contributed by atoms with E-state index in [0.717, 1.165) is 17.2 Å². The molecule has 1 amide bonds. The summed E-state index contributed by atoms with van der Waals surface area (Å²) in [7, 11) is 0. The number of amides is 1. The molecule has 0 aliphatic carbocycles. The van der Waals surface area contributed by atoms with Crippen LogP contribution in [0.1, 0.15) is 16.7 Å². The lowest BCUT2D eigenvalue weighted by Gasteiger charge is -2.03. The van der Waals surface area contributed by atoms with E-state index in [4.69, 9.17) is 10.2 Å². The Morgan fingerprint density at radius 1 is 1.33 bits per heavy atom. The minimum absolute atomic E-state index is 0.161. The molecule has 0 aliphatic heterocycles. The van der Waals surface area contributed by atoms with Crippen LogP contribution in [0.5, 0.6) is 0 Å². The van der Waals surface area contributed by atoms with Crippen molar-refractivity contribution in [1.29, 1.82) is 0 Å². The van der Waals surface area contributed by atoms with E-state index in [1.807, 2.05) is 26.0 Å². The van der Waals surface area contributed by atoms with Crippen LogP contribution in [-0.4, -0.2) is 5.91 Å². The van der Waals surface area contributed by atoms with Crippen molar-refractivity contribution >= 4 is 23.0 Å². The number of fused-ring (bicyclic) bond motifs is 1. The molecular formula is C14H13NO3. The highest BCUT2D eigenvalue weighted by atomic mass is 16.3. The lowest BCUT2D eigenvalue weighted by atomic mass is 10.1. The lowest BCUT2D eigenvalue weighted by Crippen LogP contribution is -2.09. The molecule has 18 heavy (non-hydrogen) atoms. The maximum atomic E-state index is 12.2. The van der Waals surface area contributed by atoms with Crippen LogP contribution in [0.15, 0.2) is 33.7 Å². The first kappa shape index (κ1) is 12.1. The van der Waals surface area contributed by atoms with Crippen molar-refractivity contribution in [2.45, 2.75) is 13.8 Å². The van der Waals surface area contributed by atoms with E-state index in [9.17, 15) is 9.59 Å². The third-order valence-electron chi connectivity index (χ3n) is 2.67. The maximum Gasteiger partial charge on any atom is 0.241 e. The summed E-state index contributed by atoms with van der Waals surface area (Å²) in [5, 5.41) is 0.534. The Balaban J connectivity index is 2.72. The highest BCUT2D eigenvalue weighted by molar-refractivity contribution is 5.91. The van der Waals surface area contributed by atoms with E-state index in [1.54, 1.807) is 0 Å². The number of aryl methyl sites for hydroxylation is 2. The molecule has 0 saturated heterocycles. The third-order valence-corrected chi connectivity index (χ3v) is 2.67. The van der Waals surface area contributed by atoms with Gasteiger partial charge in [0.15, 0.2) is 5.43 Å². The second-order valence-electron chi connectivity index (χ2n) is 4.21. The Labute approximate surface area is 104 Å². The monoisotopic (exact) mass is 243 g/mol. The summed E-state index contributed by atoms with van der Waals surface area (Å²) in [6, 6.07) is 3.73. The van der Waals surface area contributed by atoms with Gasteiger partial charge in [-0.15, -0.1) is 0 Å². The van der Waals surface area contributed by atoms with E-state index in [2.05, 4.69) is 0 Å². The van der Waals surface area contributed by atoms with Gasteiger partial charge in [0.2, 0.25) is 5.91 Å². The van der Waals surface area contributed by atoms with Crippen LogP contribution in [0, 0.1) is 13.8 Å². The molecule has 92 valence electrons. The van der Waals surface area contributed by atoms with Crippen LogP contribution in [0.25, 0.3) is 17.0 Å². The standard InChI is InChI=1S/C14H13NO3/c1-8-5-9(2)13-11(6-8)18-7-10(14(13)17)3-4-12(15)16/h3-7H,1-2H3,(H2,15,16)/b4-3-. The molecule has 0 saturated carbocycles. The van der Waals surface area contributed by atoms with Gasteiger partial charge in [0, 0.05) is 6.08 Å². The predicted molar refractivity (Wildman–Crippen MR) is 70.2 cm³/mol. The molecule has 0 spiro atoms. The van der Waals surface area contributed by atoms with Gasteiger partial charge in [-0.25, -0.2) is 0 Å². The van der Waals surface area contributed by atoms with Crippen molar-refractivity contribution in [1.82, 2.24) is 0 Å². The van der Waals surface area contributed by atoms with Crippen LogP contribution in [0.3, 0.4) is 0 Å². The van der Waals surface area contributed by atoms with Gasteiger partial charge in [-0.3, -0.25) is 9.59 Å². The molecule has 2 aromatic rings. The predicted octanol–water partition coefficient (Wildman–Crippen LogP) is 1.91. The van der Waals surface area contributed by atoms with Gasteiger partial charge >= 0.3 is 0 Å². The molecule has 0 aliphatic rings. The topological polar surface area (TPSA) is 73.3 Å². The number of hydrogen-bond donors (Lipinski definition) is 1.